The zero-order valence-corrected chi connectivity index (χ0v) is 12.6. The van der Waals surface area contributed by atoms with Gasteiger partial charge in [0.25, 0.3) is 0 Å². The van der Waals surface area contributed by atoms with Crippen LogP contribution in [0, 0.1) is 11.7 Å². The van der Waals surface area contributed by atoms with Gasteiger partial charge in [-0.25, -0.2) is 4.39 Å². The van der Waals surface area contributed by atoms with Crippen LogP contribution in [0.15, 0.2) is 22.7 Å². The Kier molecular flexibility index (Phi) is 4.79. The van der Waals surface area contributed by atoms with E-state index in [1.807, 2.05) is 6.07 Å². The fourth-order valence-corrected chi connectivity index (χ4v) is 3.62. The van der Waals surface area contributed by atoms with Crippen LogP contribution in [0.4, 0.5) is 4.39 Å². The molecule has 0 radical (unpaired) electrons. The van der Waals surface area contributed by atoms with Crippen molar-refractivity contribution in [3.63, 3.8) is 0 Å². The molecule has 1 aliphatic rings. The Balaban J connectivity index is 2.00. The molecule has 1 aromatic rings. The first kappa shape index (κ1) is 14.0. The number of halogens is 2. The second-order valence-electron chi connectivity index (χ2n) is 5.39. The molecule has 0 aromatic heterocycles. The zero-order chi connectivity index (χ0) is 13.1. The Morgan fingerprint density at radius 2 is 1.94 bits per heavy atom. The second-order valence-corrected chi connectivity index (χ2v) is 6.24. The summed E-state index contributed by atoms with van der Waals surface area (Å²) in [6, 6.07) is 5.69. The van der Waals surface area contributed by atoms with Gasteiger partial charge in [0.15, 0.2) is 0 Å². The molecule has 1 nitrogen and oxygen atoms in total. The molecular weight excluding hydrogens is 293 g/mol. The highest BCUT2D eigenvalue weighted by atomic mass is 79.9. The molecule has 0 heterocycles. The summed E-state index contributed by atoms with van der Waals surface area (Å²) in [5.74, 6) is 0.605. The maximum atomic E-state index is 13.1. The van der Waals surface area contributed by atoms with Crippen LogP contribution in [0.3, 0.4) is 0 Å². The van der Waals surface area contributed by atoms with Gasteiger partial charge in [-0.1, -0.05) is 34.8 Å². The summed E-state index contributed by atoms with van der Waals surface area (Å²) in [5.41, 5.74) is 1.13. The van der Waals surface area contributed by atoms with Crippen LogP contribution in [0.1, 0.15) is 51.1 Å². The number of benzene rings is 1. The van der Waals surface area contributed by atoms with Crippen molar-refractivity contribution < 1.29 is 4.39 Å². The largest absolute Gasteiger partial charge is 0.307 e. The van der Waals surface area contributed by atoms with Gasteiger partial charge in [0, 0.05) is 16.6 Å². The Hall–Kier alpha value is -0.410. The average Bonchev–Trinajstić information content (AvgIpc) is 2.81. The van der Waals surface area contributed by atoms with Crippen molar-refractivity contribution in [1.82, 2.24) is 5.32 Å². The van der Waals surface area contributed by atoms with E-state index in [-0.39, 0.29) is 11.9 Å². The molecule has 0 bridgehead atoms. The first-order valence-electron chi connectivity index (χ1n) is 6.79. The smallest absolute Gasteiger partial charge is 0.124 e. The first-order valence-corrected chi connectivity index (χ1v) is 7.58. The van der Waals surface area contributed by atoms with Gasteiger partial charge in [-0.3, -0.25) is 0 Å². The molecule has 1 aromatic carbocycles. The minimum Gasteiger partial charge on any atom is -0.307 e. The van der Waals surface area contributed by atoms with Crippen LogP contribution in [0.25, 0.3) is 0 Å². The number of hydrogen-bond donors (Lipinski definition) is 1. The normalized spacial score (nSPS) is 20.0. The highest BCUT2D eigenvalue weighted by Crippen LogP contribution is 2.30. The van der Waals surface area contributed by atoms with E-state index in [0.717, 1.165) is 16.0 Å². The molecule has 1 aliphatic carbocycles. The van der Waals surface area contributed by atoms with E-state index in [1.165, 1.54) is 37.8 Å². The summed E-state index contributed by atoms with van der Waals surface area (Å²) in [5, 5.41) is 3.65. The summed E-state index contributed by atoms with van der Waals surface area (Å²) in [7, 11) is 0. The van der Waals surface area contributed by atoms with E-state index in [1.54, 1.807) is 0 Å². The molecule has 0 amide bonds. The van der Waals surface area contributed by atoms with E-state index in [4.69, 9.17) is 0 Å². The van der Waals surface area contributed by atoms with Gasteiger partial charge in [0.2, 0.25) is 0 Å². The van der Waals surface area contributed by atoms with Crippen LogP contribution >= 0.6 is 15.9 Å². The summed E-state index contributed by atoms with van der Waals surface area (Å²) < 4.78 is 13.9. The van der Waals surface area contributed by atoms with Crippen molar-refractivity contribution in [2.45, 2.75) is 51.6 Å². The van der Waals surface area contributed by atoms with Crippen molar-refractivity contribution >= 4 is 15.9 Å². The van der Waals surface area contributed by atoms with Crippen LogP contribution < -0.4 is 5.32 Å². The van der Waals surface area contributed by atoms with Crippen LogP contribution in [-0.4, -0.2) is 6.04 Å². The summed E-state index contributed by atoms with van der Waals surface area (Å²) >= 11 is 3.44. The molecule has 1 N–H and O–H groups in total. The predicted molar refractivity (Wildman–Crippen MR) is 77.1 cm³/mol. The molecule has 2 atom stereocenters. The van der Waals surface area contributed by atoms with Crippen LogP contribution in [0.5, 0.6) is 0 Å². The summed E-state index contributed by atoms with van der Waals surface area (Å²) in [4.78, 5) is 0. The first-order chi connectivity index (χ1) is 8.58. The predicted octanol–water partition coefficient (Wildman–Crippen LogP) is 4.82. The lowest BCUT2D eigenvalue weighted by atomic mass is 9.98. The molecular formula is C15H21BrFN. The Morgan fingerprint density at radius 3 is 2.56 bits per heavy atom. The third kappa shape index (κ3) is 3.33. The molecule has 0 spiro atoms. The number of hydrogen-bond acceptors (Lipinski definition) is 1. The maximum Gasteiger partial charge on any atom is 0.124 e. The monoisotopic (exact) mass is 313 g/mol. The fraction of sp³-hybridized carbons (Fsp3) is 0.600. The summed E-state index contributed by atoms with van der Waals surface area (Å²) in [6.07, 6.45) is 5.41. The van der Waals surface area contributed by atoms with Crippen LogP contribution in [-0.2, 0) is 0 Å². The third-order valence-electron chi connectivity index (χ3n) is 4.05. The fourth-order valence-electron chi connectivity index (χ4n) is 2.93. The lowest BCUT2D eigenvalue weighted by Gasteiger charge is -2.25. The molecule has 1 unspecified atom stereocenters. The minimum atomic E-state index is -0.193. The van der Waals surface area contributed by atoms with Crippen molar-refractivity contribution in [3.8, 4) is 0 Å². The molecule has 0 saturated heterocycles. The Bertz CT molecular complexity index is 401. The van der Waals surface area contributed by atoms with Gasteiger partial charge in [0.05, 0.1) is 0 Å². The molecule has 1 saturated carbocycles. The van der Waals surface area contributed by atoms with E-state index >= 15 is 0 Å². The topological polar surface area (TPSA) is 12.0 Å². The van der Waals surface area contributed by atoms with Crippen molar-refractivity contribution in [2.75, 3.05) is 0 Å². The molecule has 100 valence electrons. The average molecular weight is 314 g/mol. The highest BCUT2D eigenvalue weighted by molar-refractivity contribution is 9.10. The minimum absolute atomic E-state index is 0.193. The third-order valence-corrected chi connectivity index (χ3v) is 4.74. The lowest BCUT2D eigenvalue weighted by Crippen LogP contribution is -2.34. The Labute approximate surface area is 117 Å². The standard InChI is InChI=1S/C15H21BrFN/c1-10(12-5-3-4-6-12)18-11(2)14-8-7-13(17)9-15(14)16/h7-12,18H,3-6H2,1-2H3/t10-,11?/m1/s1. The van der Waals surface area contributed by atoms with Gasteiger partial charge in [-0.05, 0) is 50.3 Å². The molecule has 2 rings (SSSR count). The van der Waals surface area contributed by atoms with Gasteiger partial charge < -0.3 is 5.32 Å². The molecule has 1 fully saturated rings. The van der Waals surface area contributed by atoms with Gasteiger partial charge >= 0.3 is 0 Å². The maximum absolute atomic E-state index is 13.1. The van der Waals surface area contributed by atoms with E-state index in [0.29, 0.717) is 6.04 Å². The van der Waals surface area contributed by atoms with Gasteiger partial charge in [0.1, 0.15) is 5.82 Å². The van der Waals surface area contributed by atoms with Crippen LogP contribution in [0.2, 0.25) is 0 Å². The molecule has 3 heteroatoms. The quantitative estimate of drug-likeness (QED) is 0.840. The SMILES string of the molecule is CC(N[C@H](C)C1CCCC1)c1ccc(F)cc1Br. The zero-order valence-electron chi connectivity index (χ0n) is 11.0. The van der Waals surface area contributed by atoms with Gasteiger partial charge in [-0.15, -0.1) is 0 Å². The molecule has 18 heavy (non-hydrogen) atoms. The molecule has 0 aliphatic heterocycles. The Morgan fingerprint density at radius 1 is 1.28 bits per heavy atom. The van der Waals surface area contributed by atoms with Gasteiger partial charge in [-0.2, -0.15) is 0 Å². The van der Waals surface area contributed by atoms with E-state index in [9.17, 15) is 4.39 Å². The number of rotatable bonds is 4. The van der Waals surface area contributed by atoms with Crippen molar-refractivity contribution in [3.05, 3.63) is 34.1 Å². The van der Waals surface area contributed by atoms with Crippen molar-refractivity contribution in [1.29, 1.82) is 0 Å². The lowest BCUT2D eigenvalue weighted by molar-refractivity contribution is 0.352. The second kappa shape index (κ2) is 6.16. The van der Waals surface area contributed by atoms with E-state index in [2.05, 4.69) is 35.1 Å². The highest BCUT2D eigenvalue weighted by Gasteiger charge is 2.23. The van der Waals surface area contributed by atoms with E-state index < -0.39 is 0 Å². The summed E-state index contributed by atoms with van der Waals surface area (Å²) in [6.45, 7) is 4.41. The number of nitrogens with one attached hydrogen (secondary N) is 1. The van der Waals surface area contributed by atoms with Crippen molar-refractivity contribution in [2.24, 2.45) is 5.92 Å².